The third-order valence-corrected chi connectivity index (χ3v) is 3.64. The zero-order valence-corrected chi connectivity index (χ0v) is 11.4. The molecular weight excluding hydrogens is 266 g/mol. The van der Waals surface area contributed by atoms with Crippen LogP contribution in [-0.4, -0.2) is 34.1 Å². The molecule has 1 atom stereocenters. The molecule has 0 bridgehead atoms. The Bertz CT molecular complexity index is 673. The standard InChI is InChI=1S/C15H15N5O/c16-10-20-7-6-12(9-20)13-8-14(19-18-13)17-15(21)11-4-2-1-3-5-11/h1-5,8,12H,6-7,9H2,(H2,17,18,19,21). The van der Waals surface area contributed by atoms with E-state index in [1.165, 1.54) is 0 Å². The van der Waals surface area contributed by atoms with E-state index < -0.39 is 0 Å². The molecule has 0 aliphatic carbocycles. The van der Waals surface area contributed by atoms with E-state index in [0.717, 1.165) is 18.7 Å². The summed E-state index contributed by atoms with van der Waals surface area (Å²) < 4.78 is 0. The van der Waals surface area contributed by atoms with Crippen molar-refractivity contribution in [3.8, 4) is 6.19 Å². The van der Waals surface area contributed by atoms with E-state index >= 15 is 0 Å². The minimum atomic E-state index is -0.182. The predicted molar refractivity (Wildman–Crippen MR) is 77.5 cm³/mol. The average molecular weight is 281 g/mol. The van der Waals surface area contributed by atoms with Gasteiger partial charge in [0.05, 0.1) is 0 Å². The quantitative estimate of drug-likeness (QED) is 0.842. The highest BCUT2D eigenvalue weighted by molar-refractivity contribution is 6.03. The molecule has 1 fully saturated rings. The molecular formula is C15H15N5O. The number of likely N-dealkylation sites (tertiary alicyclic amines) is 1. The van der Waals surface area contributed by atoms with Crippen LogP contribution >= 0.6 is 0 Å². The van der Waals surface area contributed by atoms with Crippen molar-refractivity contribution in [2.45, 2.75) is 12.3 Å². The fourth-order valence-corrected chi connectivity index (χ4v) is 2.49. The van der Waals surface area contributed by atoms with Crippen molar-refractivity contribution in [2.75, 3.05) is 18.4 Å². The molecule has 1 saturated heterocycles. The number of hydrogen-bond donors (Lipinski definition) is 2. The first-order chi connectivity index (χ1) is 10.3. The van der Waals surface area contributed by atoms with Gasteiger partial charge in [0, 0.05) is 36.3 Å². The summed E-state index contributed by atoms with van der Waals surface area (Å²) in [7, 11) is 0. The van der Waals surface area contributed by atoms with Crippen molar-refractivity contribution in [3.63, 3.8) is 0 Å². The summed E-state index contributed by atoms with van der Waals surface area (Å²) in [5.41, 5.74) is 1.55. The van der Waals surface area contributed by atoms with Crippen LogP contribution < -0.4 is 5.32 Å². The number of anilines is 1. The van der Waals surface area contributed by atoms with Crippen LogP contribution in [0.5, 0.6) is 0 Å². The molecule has 1 aromatic heterocycles. The Kier molecular flexibility index (Phi) is 3.56. The molecule has 106 valence electrons. The minimum Gasteiger partial charge on any atom is -0.310 e. The second kappa shape index (κ2) is 5.67. The van der Waals surface area contributed by atoms with Crippen molar-refractivity contribution in [3.05, 3.63) is 47.7 Å². The first-order valence-corrected chi connectivity index (χ1v) is 6.82. The van der Waals surface area contributed by atoms with Gasteiger partial charge < -0.3 is 10.2 Å². The number of benzene rings is 1. The van der Waals surface area contributed by atoms with Crippen LogP contribution in [0.25, 0.3) is 0 Å². The molecule has 1 aliphatic rings. The molecule has 2 heterocycles. The Morgan fingerprint density at radius 3 is 2.95 bits per heavy atom. The SMILES string of the molecule is N#CN1CCC(c2cc(NC(=O)c3ccccc3)n[nH]2)C1. The van der Waals surface area contributed by atoms with Gasteiger partial charge in [0.2, 0.25) is 0 Å². The molecule has 2 aromatic rings. The monoisotopic (exact) mass is 281 g/mol. The van der Waals surface area contributed by atoms with E-state index in [9.17, 15) is 4.79 Å². The fraction of sp³-hybridized carbons (Fsp3) is 0.267. The molecule has 21 heavy (non-hydrogen) atoms. The lowest BCUT2D eigenvalue weighted by molar-refractivity contribution is 0.102. The van der Waals surface area contributed by atoms with Gasteiger partial charge in [0.15, 0.2) is 12.0 Å². The summed E-state index contributed by atoms with van der Waals surface area (Å²) >= 11 is 0. The number of hydrogen-bond acceptors (Lipinski definition) is 4. The molecule has 0 spiro atoms. The number of aromatic nitrogens is 2. The van der Waals surface area contributed by atoms with Gasteiger partial charge >= 0.3 is 0 Å². The number of H-pyrrole nitrogens is 1. The predicted octanol–water partition coefficient (Wildman–Crippen LogP) is 1.93. The maximum absolute atomic E-state index is 12.0. The molecule has 6 heteroatoms. The number of rotatable bonds is 3. The Balaban J connectivity index is 1.66. The van der Waals surface area contributed by atoms with E-state index in [2.05, 4.69) is 21.7 Å². The van der Waals surface area contributed by atoms with Crippen LogP contribution in [0.2, 0.25) is 0 Å². The second-order valence-corrected chi connectivity index (χ2v) is 5.06. The highest BCUT2D eigenvalue weighted by Gasteiger charge is 2.24. The normalized spacial score (nSPS) is 17.5. The zero-order chi connectivity index (χ0) is 14.7. The maximum Gasteiger partial charge on any atom is 0.256 e. The highest BCUT2D eigenvalue weighted by atomic mass is 16.1. The summed E-state index contributed by atoms with van der Waals surface area (Å²) in [6.45, 7) is 1.47. The second-order valence-electron chi connectivity index (χ2n) is 5.06. The number of carbonyl (C=O) groups excluding carboxylic acids is 1. The number of aromatic amines is 1. The van der Waals surface area contributed by atoms with Crippen molar-refractivity contribution >= 4 is 11.7 Å². The maximum atomic E-state index is 12.0. The van der Waals surface area contributed by atoms with E-state index in [1.807, 2.05) is 24.3 Å². The molecule has 2 N–H and O–H groups in total. The van der Waals surface area contributed by atoms with Crippen LogP contribution in [0.1, 0.15) is 28.4 Å². The third-order valence-electron chi connectivity index (χ3n) is 3.64. The largest absolute Gasteiger partial charge is 0.310 e. The lowest BCUT2D eigenvalue weighted by Crippen LogP contribution is -2.13. The Morgan fingerprint density at radius 2 is 2.24 bits per heavy atom. The molecule has 0 radical (unpaired) electrons. The summed E-state index contributed by atoms with van der Waals surface area (Å²) in [5, 5.41) is 18.7. The summed E-state index contributed by atoms with van der Waals surface area (Å²) in [6.07, 6.45) is 3.07. The first kappa shape index (κ1) is 13.2. The van der Waals surface area contributed by atoms with E-state index in [4.69, 9.17) is 5.26 Å². The summed E-state index contributed by atoms with van der Waals surface area (Å²) in [4.78, 5) is 13.8. The smallest absolute Gasteiger partial charge is 0.256 e. The molecule has 6 nitrogen and oxygen atoms in total. The zero-order valence-electron chi connectivity index (χ0n) is 11.4. The van der Waals surface area contributed by atoms with Gasteiger partial charge in [0.25, 0.3) is 5.91 Å². The summed E-state index contributed by atoms with van der Waals surface area (Å²) in [6, 6.07) is 10.9. The number of amides is 1. The lowest BCUT2D eigenvalue weighted by atomic mass is 10.1. The van der Waals surface area contributed by atoms with Gasteiger partial charge in [-0.15, -0.1) is 0 Å². The Morgan fingerprint density at radius 1 is 1.43 bits per heavy atom. The Hall–Kier alpha value is -2.81. The van der Waals surface area contributed by atoms with Crippen molar-refractivity contribution in [1.82, 2.24) is 15.1 Å². The Labute approximate surface area is 122 Å². The van der Waals surface area contributed by atoms with Crippen molar-refractivity contribution in [2.24, 2.45) is 0 Å². The van der Waals surface area contributed by atoms with Crippen LogP contribution in [0.4, 0.5) is 5.82 Å². The van der Waals surface area contributed by atoms with Gasteiger partial charge in [-0.2, -0.15) is 10.4 Å². The fourth-order valence-electron chi connectivity index (χ4n) is 2.49. The van der Waals surface area contributed by atoms with Gasteiger partial charge in [0.1, 0.15) is 0 Å². The average Bonchev–Trinajstić information content (AvgIpc) is 3.16. The molecule has 3 rings (SSSR count). The number of nitrogens with one attached hydrogen (secondary N) is 2. The molecule has 1 aliphatic heterocycles. The van der Waals surface area contributed by atoms with Gasteiger partial charge in [-0.05, 0) is 18.6 Å². The van der Waals surface area contributed by atoms with Crippen LogP contribution in [0.15, 0.2) is 36.4 Å². The molecule has 0 saturated carbocycles. The van der Waals surface area contributed by atoms with E-state index in [-0.39, 0.29) is 11.8 Å². The minimum absolute atomic E-state index is 0.182. The van der Waals surface area contributed by atoms with Gasteiger partial charge in [-0.3, -0.25) is 9.89 Å². The molecule has 1 unspecified atom stereocenters. The highest BCUT2D eigenvalue weighted by Crippen LogP contribution is 2.26. The first-order valence-electron chi connectivity index (χ1n) is 6.82. The molecule has 1 amide bonds. The van der Waals surface area contributed by atoms with Gasteiger partial charge in [-0.1, -0.05) is 18.2 Å². The number of carbonyl (C=O) groups is 1. The molecule has 1 aromatic carbocycles. The third kappa shape index (κ3) is 2.87. The van der Waals surface area contributed by atoms with E-state index in [0.29, 0.717) is 17.9 Å². The van der Waals surface area contributed by atoms with Crippen molar-refractivity contribution in [1.29, 1.82) is 5.26 Å². The number of nitriles is 1. The number of nitrogens with zero attached hydrogens (tertiary/aromatic N) is 3. The summed E-state index contributed by atoms with van der Waals surface area (Å²) in [5.74, 6) is 0.590. The van der Waals surface area contributed by atoms with E-state index in [1.54, 1.807) is 17.0 Å². The van der Waals surface area contributed by atoms with Crippen LogP contribution in [0.3, 0.4) is 0 Å². The van der Waals surface area contributed by atoms with Crippen molar-refractivity contribution < 1.29 is 4.79 Å². The van der Waals surface area contributed by atoms with Crippen LogP contribution in [-0.2, 0) is 0 Å². The topological polar surface area (TPSA) is 84.8 Å². The van der Waals surface area contributed by atoms with Gasteiger partial charge in [-0.25, -0.2) is 0 Å². The van der Waals surface area contributed by atoms with Crippen LogP contribution in [0, 0.1) is 11.5 Å². The lowest BCUT2D eigenvalue weighted by Gasteiger charge is -2.06.